The molecule has 0 amide bonds. The summed E-state index contributed by atoms with van der Waals surface area (Å²) in [4.78, 5) is 4.24. The lowest BCUT2D eigenvalue weighted by atomic mass is 9.97. The molecule has 3 heterocycles. The largest absolute Gasteiger partial charge is 0.381 e. The number of hydrogen-bond acceptors (Lipinski definition) is 4. The van der Waals surface area contributed by atoms with Gasteiger partial charge in [0.25, 0.3) is 0 Å². The molecule has 0 aromatic carbocycles. The first-order valence-corrected chi connectivity index (χ1v) is 6.79. The fraction of sp³-hybridized carbons (Fsp3) is 0.769. The van der Waals surface area contributed by atoms with Gasteiger partial charge in [-0.25, -0.2) is 4.98 Å². The summed E-state index contributed by atoms with van der Waals surface area (Å²) in [6.45, 7) is 3.36. The first kappa shape index (κ1) is 12.1. The van der Waals surface area contributed by atoms with Crippen molar-refractivity contribution in [3.05, 3.63) is 18.2 Å². The van der Waals surface area contributed by atoms with E-state index in [1.807, 2.05) is 12.5 Å². The number of imidazole rings is 1. The number of aromatic nitrogens is 2. The maximum atomic E-state index is 6.34. The Hall–Kier alpha value is -0.910. The molecule has 0 bridgehead atoms. The SMILES string of the molecule is NC(c1cncn1CC1CCCO1)C1CCOC1. The molecule has 3 rings (SSSR count). The van der Waals surface area contributed by atoms with Gasteiger partial charge in [-0.1, -0.05) is 0 Å². The molecule has 18 heavy (non-hydrogen) atoms. The molecular weight excluding hydrogens is 230 g/mol. The van der Waals surface area contributed by atoms with E-state index in [4.69, 9.17) is 15.2 Å². The quantitative estimate of drug-likeness (QED) is 0.870. The van der Waals surface area contributed by atoms with Crippen molar-refractivity contribution in [3.63, 3.8) is 0 Å². The summed E-state index contributed by atoms with van der Waals surface area (Å²) in [5.41, 5.74) is 7.45. The zero-order valence-corrected chi connectivity index (χ0v) is 10.6. The van der Waals surface area contributed by atoms with Crippen molar-refractivity contribution in [2.75, 3.05) is 19.8 Å². The van der Waals surface area contributed by atoms with Crippen molar-refractivity contribution in [2.45, 2.75) is 38.0 Å². The predicted molar refractivity (Wildman–Crippen MR) is 67.1 cm³/mol. The Labute approximate surface area is 107 Å². The summed E-state index contributed by atoms with van der Waals surface area (Å²) in [5, 5.41) is 0. The lowest BCUT2D eigenvalue weighted by Crippen LogP contribution is -2.26. The average Bonchev–Trinajstić information content (AvgIpc) is 3.12. The molecule has 2 saturated heterocycles. The van der Waals surface area contributed by atoms with Crippen LogP contribution in [0.1, 0.15) is 31.0 Å². The standard InChI is InChI=1S/C13H21N3O2/c14-13(10-3-5-17-8-10)12-6-15-9-16(12)7-11-2-1-4-18-11/h6,9-11,13H,1-5,7-8,14H2. The van der Waals surface area contributed by atoms with Gasteiger partial charge in [-0.3, -0.25) is 0 Å². The van der Waals surface area contributed by atoms with Crippen LogP contribution in [0.25, 0.3) is 0 Å². The van der Waals surface area contributed by atoms with Gasteiger partial charge in [0.2, 0.25) is 0 Å². The number of hydrogen-bond donors (Lipinski definition) is 1. The van der Waals surface area contributed by atoms with Gasteiger partial charge in [0, 0.05) is 25.3 Å². The number of nitrogens with two attached hydrogens (primary N) is 1. The van der Waals surface area contributed by atoms with Crippen LogP contribution in [-0.4, -0.2) is 35.5 Å². The molecule has 3 atom stereocenters. The minimum Gasteiger partial charge on any atom is -0.381 e. The fourth-order valence-electron chi connectivity index (χ4n) is 2.85. The number of rotatable bonds is 4. The number of ether oxygens (including phenoxy) is 2. The van der Waals surface area contributed by atoms with E-state index in [0.717, 1.165) is 51.3 Å². The highest BCUT2D eigenvalue weighted by molar-refractivity contribution is 5.07. The van der Waals surface area contributed by atoms with Crippen LogP contribution in [0.4, 0.5) is 0 Å². The summed E-state index contributed by atoms with van der Waals surface area (Å²) < 4.78 is 13.2. The third-order valence-electron chi connectivity index (χ3n) is 3.98. The smallest absolute Gasteiger partial charge is 0.0949 e. The predicted octanol–water partition coefficient (Wildman–Crippen LogP) is 1.10. The van der Waals surface area contributed by atoms with E-state index < -0.39 is 0 Å². The topological polar surface area (TPSA) is 62.3 Å². The average molecular weight is 251 g/mol. The van der Waals surface area contributed by atoms with Crippen molar-refractivity contribution >= 4 is 0 Å². The van der Waals surface area contributed by atoms with Gasteiger partial charge in [0.05, 0.1) is 37.3 Å². The van der Waals surface area contributed by atoms with E-state index in [-0.39, 0.29) is 6.04 Å². The molecule has 1 aromatic rings. The molecule has 1 aromatic heterocycles. The second-order valence-electron chi connectivity index (χ2n) is 5.26. The molecular formula is C13H21N3O2. The molecule has 3 unspecified atom stereocenters. The minimum absolute atomic E-state index is 0.0244. The van der Waals surface area contributed by atoms with Crippen LogP contribution in [-0.2, 0) is 16.0 Å². The van der Waals surface area contributed by atoms with Crippen LogP contribution in [0.2, 0.25) is 0 Å². The first-order chi connectivity index (χ1) is 8.84. The van der Waals surface area contributed by atoms with Crippen molar-refractivity contribution in [1.82, 2.24) is 9.55 Å². The summed E-state index contributed by atoms with van der Waals surface area (Å²) in [7, 11) is 0. The van der Waals surface area contributed by atoms with Crippen LogP contribution < -0.4 is 5.73 Å². The van der Waals surface area contributed by atoms with Crippen molar-refractivity contribution in [1.29, 1.82) is 0 Å². The number of nitrogens with zero attached hydrogens (tertiary/aromatic N) is 2. The third kappa shape index (κ3) is 2.43. The highest BCUT2D eigenvalue weighted by Crippen LogP contribution is 2.27. The highest BCUT2D eigenvalue weighted by Gasteiger charge is 2.27. The summed E-state index contributed by atoms with van der Waals surface area (Å²) in [6.07, 6.45) is 7.43. The van der Waals surface area contributed by atoms with E-state index in [1.165, 1.54) is 0 Å². The molecule has 0 spiro atoms. The molecule has 5 nitrogen and oxygen atoms in total. The van der Waals surface area contributed by atoms with E-state index >= 15 is 0 Å². The van der Waals surface area contributed by atoms with Gasteiger partial charge in [-0.05, 0) is 19.3 Å². The Balaban J connectivity index is 1.69. The second kappa shape index (κ2) is 5.38. The van der Waals surface area contributed by atoms with Crippen molar-refractivity contribution in [3.8, 4) is 0 Å². The Morgan fingerprint density at radius 3 is 3.11 bits per heavy atom. The van der Waals surface area contributed by atoms with Gasteiger partial charge in [0.15, 0.2) is 0 Å². The first-order valence-electron chi connectivity index (χ1n) is 6.79. The lowest BCUT2D eigenvalue weighted by Gasteiger charge is -2.20. The van der Waals surface area contributed by atoms with Gasteiger partial charge in [0.1, 0.15) is 0 Å². The van der Waals surface area contributed by atoms with Gasteiger partial charge < -0.3 is 19.8 Å². The van der Waals surface area contributed by atoms with Gasteiger partial charge >= 0.3 is 0 Å². The van der Waals surface area contributed by atoms with E-state index in [0.29, 0.717) is 12.0 Å². The van der Waals surface area contributed by atoms with Crippen LogP contribution in [0.5, 0.6) is 0 Å². The Bertz CT molecular complexity index is 381. The van der Waals surface area contributed by atoms with Crippen molar-refractivity contribution < 1.29 is 9.47 Å². The molecule has 5 heteroatoms. The molecule has 2 aliphatic rings. The molecule has 0 radical (unpaired) electrons. The zero-order chi connectivity index (χ0) is 12.4. The molecule has 0 aliphatic carbocycles. The third-order valence-corrected chi connectivity index (χ3v) is 3.98. The lowest BCUT2D eigenvalue weighted by molar-refractivity contribution is 0.0957. The summed E-state index contributed by atoms with van der Waals surface area (Å²) in [5.74, 6) is 0.421. The fourth-order valence-corrected chi connectivity index (χ4v) is 2.85. The Morgan fingerprint density at radius 1 is 1.44 bits per heavy atom. The molecule has 2 fully saturated rings. The monoisotopic (exact) mass is 251 g/mol. The van der Waals surface area contributed by atoms with E-state index in [2.05, 4.69) is 9.55 Å². The zero-order valence-electron chi connectivity index (χ0n) is 10.6. The van der Waals surface area contributed by atoms with Crippen molar-refractivity contribution in [2.24, 2.45) is 11.7 Å². The molecule has 100 valence electrons. The summed E-state index contributed by atoms with van der Waals surface area (Å²) >= 11 is 0. The Kier molecular flexibility index (Phi) is 3.63. The highest BCUT2D eigenvalue weighted by atomic mass is 16.5. The van der Waals surface area contributed by atoms with E-state index in [9.17, 15) is 0 Å². The molecule has 0 saturated carbocycles. The molecule has 2 aliphatic heterocycles. The summed E-state index contributed by atoms with van der Waals surface area (Å²) in [6, 6.07) is 0.0244. The van der Waals surface area contributed by atoms with Gasteiger partial charge in [-0.15, -0.1) is 0 Å². The van der Waals surface area contributed by atoms with E-state index in [1.54, 1.807) is 0 Å². The maximum absolute atomic E-state index is 6.34. The minimum atomic E-state index is 0.0244. The van der Waals surface area contributed by atoms with Crippen LogP contribution in [0.15, 0.2) is 12.5 Å². The molecule has 2 N–H and O–H groups in total. The van der Waals surface area contributed by atoms with Crippen LogP contribution in [0, 0.1) is 5.92 Å². The Morgan fingerprint density at radius 2 is 2.39 bits per heavy atom. The van der Waals surface area contributed by atoms with Gasteiger partial charge in [-0.2, -0.15) is 0 Å². The van der Waals surface area contributed by atoms with Crippen LogP contribution >= 0.6 is 0 Å². The normalized spacial score (nSPS) is 29.8. The maximum Gasteiger partial charge on any atom is 0.0949 e. The second-order valence-corrected chi connectivity index (χ2v) is 5.26. The van der Waals surface area contributed by atoms with Crippen LogP contribution in [0.3, 0.4) is 0 Å².